The largest absolute Gasteiger partial charge is 0.435 e. The SMILES string of the molecule is FC(F)Oc1ccc(NC(=S)NNc2nc3ccccc3[nH]2)cc1. The molecule has 0 aliphatic rings. The summed E-state index contributed by atoms with van der Waals surface area (Å²) in [5, 5.41) is 3.19. The number of thiocarbonyl (C=S) groups is 1. The number of hydrogen-bond donors (Lipinski definition) is 4. The Hall–Kier alpha value is -2.94. The van der Waals surface area contributed by atoms with Crippen LogP contribution in [0, 0.1) is 0 Å². The quantitative estimate of drug-likeness (QED) is 0.417. The lowest BCUT2D eigenvalue weighted by Gasteiger charge is -2.11. The average molecular weight is 349 g/mol. The van der Waals surface area contributed by atoms with Crippen molar-refractivity contribution in [2.24, 2.45) is 0 Å². The van der Waals surface area contributed by atoms with Gasteiger partial charge in [0.05, 0.1) is 11.0 Å². The predicted molar refractivity (Wildman–Crippen MR) is 92.1 cm³/mol. The van der Waals surface area contributed by atoms with Crippen LogP contribution in [-0.2, 0) is 0 Å². The molecule has 9 heteroatoms. The monoisotopic (exact) mass is 349 g/mol. The van der Waals surface area contributed by atoms with Gasteiger partial charge in [0.2, 0.25) is 5.95 Å². The number of ether oxygens (including phenoxy) is 1. The number of hydrazine groups is 1. The third kappa shape index (κ3) is 4.07. The van der Waals surface area contributed by atoms with Gasteiger partial charge >= 0.3 is 6.61 Å². The zero-order valence-corrected chi connectivity index (χ0v) is 13.0. The number of imidazole rings is 1. The van der Waals surface area contributed by atoms with E-state index >= 15 is 0 Å². The molecular formula is C15H13F2N5OS. The van der Waals surface area contributed by atoms with Crippen molar-refractivity contribution in [2.75, 3.05) is 10.7 Å². The molecule has 0 fully saturated rings. The molecule has 0 atom stereocenters. The first-order chi connectivity index (χ1) is 11.6. The number of benzene rings is 2. The van der Waals surface area contributed by atoms with Crippen LogP contribution in [0.1, 0.15) is 0 Å². The van der Waals surface area contributed by atoms with E-state index in [0.29, 0.717) is 11.6 Å². The lowest BCUT2D eigenvalue weighted by molar-refractivity contribution is -0.0498. The molecule has 1 aromatic heterocycles. The first-order valence-electron chi connectivity index (χ1n) is 6.93. The second kappa shape index (κ2) is 7.09. The highest BCUT2D eigenvalue weighted by Crippen LogP contribution is 2.17. The van der Waals surface area contributed by atoms with Crippen LogP contribution in [0.25, 0.3) is 11.0 Å². The van der Waals surface area contributed by atoms with Crippen molar-refractivity contribution in [3.63, 3.8) is 0 Å². The Labute approximate surface area is 141 Å². The van der Waals surface area contributed by atoms with E-state index in [1.54, 1.807) is 12.1 Å². The van der Waals surface area contributed by atoms with Crippen LogP contribution in [0.2, 0.25) is 0 Å². The van der Waals surface area contributed by atoms with E-state index in [-0.39, 0.29) is 10.9 Å². The van der Waals surface area contributed by atoms with E-state index in [1.807, 2.05) is 24.3 Å². The molecule has 1 heterocycles. The van der Waals surface area contributed by atoms with Gasteiger partial charge in [0.15, 0.2) is 5.11 Å². The standard InChI is InChI=1S/C15H13F2N5OS/c16-13(17)23-10-7-5-9(6-8-10)18-15(24)22-21-14-19-11-3-1-2-4-12(11)20-14/h1-8,13H,(H2,18,22,24)(H2,19,20,21). The topological polar surface area (TPSA) is 74.0 Å². The van der Waals surface area contributed by atoms with Crippen LogP contribution < -0.4 is 20.9 Å². The molecular weight excluding hydrogens is 336 g/mol. The summed E-state index contributed by atoms with van der Waals surface area (Å²) in [6.07, 6.45) is 0. The Morgan fingerprint density at radius 1 is 1.12 bits per heavy atom. The number of fused-ring (bicyclic) bond motifs is 1. The Bertz CT molecular complexity index is 804. The van der Waals surface area contributed by atoms with Crippen molar-refractivity contribution < 1.29 is 13.5 Å². The molecule has 0 bridgehead atoms. The maximum Gasteiger partial charge on any atom is 0.387 e. The maximum atomic E-state index is 12.1. The highest BCUT2D eigenvalue weighted by Gasteiger charge is 2.05. The second-order valence-corrected chi connectivity index (χ2v) is 5.12. The summed E-state index contributed by atoms with van der Waals surface area (Å²) in [5.41, 5.74) is 7.98. The minimum Gasteiger partial charge on any atom is -0.435 e. The Kier molecular flexibility index (Phi) is 4.71. The van der Waals surface area contributed by atoms with E-state index in [0.717, 1.165) is 11.0 Å². The van der Waals surface area contributed by atoms with Crippen molar-refractivity contribution >= 4 is 40.0 Å². The van der Waals surface area contributed by atoms with Crippen LogP contribution in [0.4, 0.5) is 20.4 Å². The highest BCUT2D eigenvalue weighted by molar-refractivity contribution is 7.80. The summed E-state index contributed by atoms with van der Waals surface area (Å²) in [6.45, 7) is -2.85. The smallest absolute Gasteiger partial charge is 0.387 e. The number of alkyl halides is 2. The number of para-hydroxylation sites is 2. The fourth-order valence-corrected chi connectivity index (χ4v) is 2.18. The van der Waals surface area contributed by atoms with Gasteiger partial charge in [-0.2, -0.15) is 8.78 Å². The molecule has 0 spiro atoms. The average Bonchev–Trinajstić information content (AvgIpc) is 2.97. The lowest BCUT2D eigenvalue weighted by atomic mass is 10.3. The molecule has 4 N–H and O–H groups in total. The molecule has 0 aliphatic carbocycles. The number of hydrogen-bond acceptors (Lipinski definition) is 4. The highest BCUT2D eigenvalue weighted by atomic mass is 32.1. The summed E-state index contributed by atoms with van der Waals surface area (Å²) >= 11 is 5.14. The van der Waals surface area contributed by atoms with Gasteiger partial charge in [0, 0.05) is 5.69 Å². The van der Waals surface area contributed by atoms with Gasteiger partial charge in [-0.1, -0.05) is 12.1 Å². The minimum absolute atomic E-state index is 0.0785. The third-order valence-electron chi connectivity index (χ3n) is 3.02. The third-order valence-corrected chi connectivity index (χ3v) is 3.23. The lowest BCUT2D eigenvalue weighted by Crippen LogP contribution is -2.33. The maximum absolute atomic E-state index is 12.1. The fourth-order valence-electron chi connectivity index (χ4n) is 2.01. The van der Waals surface area contributed by atoms with Gasteiger partial charge in [-0.3, -0.25) is 10.9 Å². The van der Waals surface area contributed by atoms with Gasteiger partial charge in [-0.25, -0.2) is 4.98 Å². The van der Waals surface area contributed by atoms with Crippen LogP contribution in [0.15, 0.2) is 48.5 Å². The van der Waals surface area contributed by atoms with Gasteiger partial charge in [0.25, 0.3) is 0 Å². The zero-order valence-electron chi connectivity index (χ0n) is 12.2. The normalized spacial score (nSPS) is 10.6. The van der Waals surface area contributed by atoms with Gasteiger partial charge in [0.1, 0.15) is 5.75 Å². The number of aromatic amines is 1. The number of anilines is 2. The number of halogens is 2. The molecule has 2 aromatic carbocycles. The number of H-pyrrole nitrogens is 1. The van der Waals surface area contributed by atoms with E-state index in [2.05, 4.69) is 30.9 Å². The van der Waals surface area contributed by atoms with Crippen molar-refractivity contribution in [3.05, 3.63) is 48.5 Å². The van der Waals surface area contributed by atoms with Crippen molar-refractivity contribution in [3.8, 4) is 5.75 Å². The summed E-state index contributed by atoms with van der Waals surface area (Å²) in [4.78, 5) is 7.41. The van der Waals surface area contributed by atoms with Crippen LogP contribution in [0.3, 0.4) is 0 Å². The molecule has 0 saturated heterocycles. The van der Waals surface area contributed by atoms with Gasteiger partial charge in [-0.15, -0.1) is 0 Å². The first kappa shape index (κ1) is 15.9. The van der Waals surface area contributed by atoms with E-state index in [9.17, 15) is 8.78 Å². The molecule has 0 amide bonds. The zero-order chi connectivity index (χ0) is 16.9. The van der Waals surface area contributed by atoms with Crippen molar-refractivity contribution in [1.29, 1.82) is 0 Å². The molecule has 24 heavy (non-hydrogen) atoms. The van der Waals surface area contributed by atoms with Gasteiger partial charge < -0.3 is 15.0 Å². The second-order valence-electron chi connectivity index (χ2n) is 4.71. The van der Waals surface area contributed by atoms with Gasteiger partial charge in [-0.05, 0) is 48.6 Å². The van der Waals surface area contributed by atoms with Crippen LogP contribution in [0.5, 0.6) is 5.75 Å². The fraction of sp³-hybridized carbons (Fsp3) is 0.0667. The van der Waals surface area contributed by atoms with E-state index < -0.39 is 6.61 Å². The minimum atomic E-state index is -2.85. The van der Waals surface area contributed by atoms with E-state index in [1.165, 1.54) is 12.1 Å². The number of nitrogens with zero attached hydrogens (tertiary/aromatic N) is 1. The molecule has 0 radical (unpaired) electrons. The molecule has 6 nitrogen and oxygen atoms in total. The Morgan fingerprint density at radius 3 is 2.58 bits per heavy atom. The Morgan fingerprint density at radius 2 is 1.88 bits per heavy atom. The van der Waals surface area contributed by atoms with Crippen LogP contribution >= 0.6 is 12.2 Å². The summed E-state index contributed by atoms with van der Waals surface area (Å²) in [7, 11) is 0. The molecule has 0 unspecified atom stereocenters. The van der Waals surface area contributed by atoms with Crippen molar-refractivity contribution in [2.45, 2.75) is 6.61 Å². The van der Waals surface area contributed by atoms with E-state index in [4.69, 9.17) is 12.2 Å². The summed E-state index contributed by atoms with van der Waals surface area (Å²) < 4.78 is 28.4. The molecule has 3 aromatic rings. The predicted octanol–water partition coefficient (Wildman–Crippen LogP) is 3.48. The van der Waals surface area contributed by atoms with Crippen LogP contribution in [-0.4, -0.2) is 21.7 Å². The molecule has 124 valence electrons. The number of nitrogens with one attached hydrogen (secondary N) is 4. The molecule has 0 aliphatic heterocycles. The number of rotatable bonds is 5. The van der Waals surface area contributed by atoms with Crippen molar-refractivity contribution in [1.82, 2.24) is 15.4 Å². The molecule has 0 saturated carbocycles. The summed E-state index contributed by atoms with van der Waals surface area (Å²) in [5.74, 6) is 0.593. The number of aromatic nitrogens is 2. The summed E-state index contributed by atoms with van der Waals surface area (Å²) in [6, 6.07) is 13.6. The molecule has 3 rings (SSSR count). The first-order valence-corrected chi connectivity index (χ1v) is 7.33. The Balaban J connectivity index is 1.53.